The lowest BCUT2D eigenvalue weighted by Gasteiger charge is -2.29. The minimum atomic E-state index is -3.05. The van der Waals surface area contributed by atoms with E-state index in [0.717, 1.165) is 25.9 Å². The Morgan fingerprint density at radius 1 is 1.00 bits per heavy atom. The fraction of sp³-hybridized carbons (Fsp3) is 1.00. The van der Waals surface area contributed by atoms with Crippen LogP contribution in [0.4, 0.5) is 0 Å². The Balaban J connectivity index is 2.70. The number of hydrogen-bond donors (Lipinski definition) is 0. The van der Waals surface area contributed by atoms with Gasteiger partial charge < -0.3 is 0 Å². The first-order chi connectivity index (χ1) is 6.94. The molecule has 1 saturated heterocycles. The van der Waals surface area contributed by atoms with Gasteiger partial charge in [0.1, 0.15) is 0 Å². The van der Waals surface area contributed by atoms with Crippen molar-refractivity contribution < 1.29 is 13.6 Å². The molecule has 0 aromatic heterocycles. The van der Waals surface area contributed by atoms with Crippen LogP contribution >= 0.6 is 7.75 Å². The van der Waals surface area contributed by atoms with E-state index in [9.17, 15) is 4.57 Å². The molecule has 4 nitrogen and oxygen atoms in total. The summed E-state index contributed by atoms with van der Waals surface area (Å²) in [5.41, 5.74) is 0. The van der Waals surface area contributed by atoms with E-state index in [1.54, 1.807) is 0 Å². The van der Waals surface area contributed by atoms with E-state index in [2.05, 4.69) is 0 Å². The van der Waals surface area contributed by atoms with Crippen LogP contribution in [0.15, 0.2) is 0 Å². The minimum Gasteiger partial charge on any atom is -0.294 e. The molecule has 0 amide bonds. The topological polar surface area (TPSA) is 38.8 Å². The Labute approximate surface area is 92.5 Å². The minimum absolute atomic E-state index is 0.0739. The van der Waals surface area contributed by atoms with Crippen LogP contribution in [0.2, 0.25) is 0 Å². The lowest BCUT2D eigenvalue weighted by Crippen LogP contribution is -2.23. The van der Waals surface area contributed by atoms with E-state index in [1.807, 2.05) is 32.4 Å². The average molecular weight is 235 g/mol. The van der Waals surface area contributed by atoms with Gasteiger partial charge in [-0.3, -0.25) is 9.05 Å². The first-order valence-electron chi connectivity index (χ1n) is 5.66. The summed E-state index contributed by atoms with van der Waals surface area (Å²) in [5.74, 6) is 0. The van der Waals surface area contributed by atoms with Crippen molar-refractivity contribution in [3.8, 4) is 0 Å². The van der Waals surface area contributed by atoms with E-state index in [-0.39, 0.29) is 12.2 Å². The van der Waals surface area contributed by atoms with Crippen molar-refractivity contribution in [2.24, 2.45) is 0 Å². The second kappa shape index (κ2) is 5.44. The molecule has 1 heterocycles. The lowest BCUT2D eigenvalue weighted by molar-refractivity contribution is 0.111. The molecular formula is C10H22NO3P. The van der Waals surface area contributed by atoms with Gasteiger partial charge in [-0.2, -0.15) is 0 Å². The average Bonchev–Trinajstić information content (AvgIpc) is 2.51. The first kappa shape index (κ1) is 13.2. The Morgan fingerprint density at radius 2 is 1.40 bits per heavy atom. The third kappa shape index (κ3) is 3.87. The molecule has 1 aliphatic heterocycles. The molecule has 0 bridgehead atoms. The molecule has 0 atom stereocenters. The molecule has 0 spiro atoms. The number of hydrogen-bond acceptors (Lipinski definition) is 3. The fourth-order valence-electron chi connectivity index (χ4n) is 1.64. The van der Waals surface area contributed by atoms with E-state index < -0.39 is 7.75 Å². The highest BCUT2D eigenvalue weighted by atomic mass is 31.2. The van der Waals surface area contributed by atoms with Crippen molar-refractivity contribution in [3.05, 3.63) is 0 Å². The number of rotatable bonds is 5. The largest absolute Gasteiger partial charge is 0.408 e. The van der Waals surface area contributed by atoms with Gasteiger partial charge in [0.25, 0.3) is 0 Å². The zero-order valence-corrected chi connectivity index (χ0v) is 11.0. The molecule has 0 aliphatic carbocycles. The van der Waals surface area contributed by atoms with E-state index in [0.29, 0.717) is 0 Å². The predicted octanol–water partition coefficient (Wildman–Crippen LogP) is 3.04. The maximum Gasteiger partial charge on any atom is 0.408 e. The highest BCUT2D eigenvalue weighted by Crippen LogP contribution is 2.55. The van der Waals surface area contributed by atoms with Gasteiger partial charge >= 0.3 is 7.75 Å². The highest BCUT2D eigenvalue weighted by molar-refractivity contribution is 7.51. The van der Waals surface area contributed by atoms with Crippen LogP contribution in [0.1, 0.15) is 40.5 Å². The van der Waals surface area contributed by atoms with Gasteiger partial charge in [-0.1, -0.05) is 0 Å². The van der Waals surface area contributed by atoms with Crippen LogP contribution < -0.4 is 0 Å². The zero-order chi connectivity index (χ0) is 11.5. The Morgan fingerprint density at radius 3 is 1.73 bits per heavy atom. The summed E-state index contributed by atoms with van der Waals surface area (Å²) >= 11 is 0. The molecule has 0 radical (unpaired) electrons. The van der Waals surface area contributed by atoms with Crippen LogP contribution in [0.3, 0.4) is 0 Å². The summed E-state index contributed by atoms with van der Waals surface area (Å²) in [5, 5.41) is 0. The molecule has 90 valence electrons. The molecule has 0 saturated carbocycles. The molecule has 0 N–H and O–H groups in total. The SMILES string of the molecule is CC(C)OP(=O)(OC(C)C)N1CCCC1. The third-order valence-corrected chi connectivity index (χ3v) is 4.59. The fourth-order valence-corrected chi connectivity index (χ4v) is 3.79. The van der Waals surface area contributed by atoms with Gasteiger partial charge in [0.15, 0.2) is 0 Å². The molecule has 1 rings (SSSR count). The van der Waals surface area contributed by atoms with Gasteiger partial charge in [-0.05, 0) is 40.5 Å². The van der Waals surface area contributed by atoms with Crippen LogP contribution in [-0.4, -0.2) is 30.0 Å². The van der Waals surface area contributed by atoms with Crippen molar-refractivity contribution in [2.45, 2.75) is 52.7 Å². The molecular weight excluding hydrogens is 213 g/mol. The van der Waals surface area contributed by atoms with Gasteiger partial charge in [0.2, 0.25) is 0 Å². The first-order valence-corrected chi connectivity index (χ1v) is 7.16. The van der Waals surface area contributed by atoms with Gasteiger partial charge in [-0.25, -0.2) is 9.24 Å². The second-order valence-corrected chi connectivity index (χ2v) is 6.36. The van der Waals surface area contributed by atoms with Gasteiger partial charge in [0, 0.05) is 13.1 Å². The van der Waals surface area contributed by atoms with Gasteiger partial charge in [0.05, 0.1) is 12.2 Å². The monoisotopic (exact) mass is 235 g/mol. The highest BCUT2D eigenvalue weighted by Gasteiger charge is 2.37. The smallest absolute Gasteiger partial charge is 0.294 e. The maximum atomic E-state index is 12.5. The van der Waals surface area contributed by atoms with E-state index in [1.165, 1.54) is 0 Å². The Kier molecular flexibility index (Phi) is 4.78. The number of nitrogens with zero attached hydrogens (tertiary/aromatic N) is 1. The van der Waals surface area contributed by atoms with Crippen LogP contribution in [0, 0.1) is 0 Å². The van der Waals surface area contributed by atoms with Crippen LogP contribution in [-0.2, 0) is 13.6 Å². The molecule has 1 fully saturated rings. The standard InChI is InChI=1S/C10H22NO3P/c1-9(2)13-15(12,14-10(3)4)11-7-5-6-8-11/h9-10H,5-8H2,1-4H3. The summed E-state index contributed by atoms with van der Waals surface area (Å²) < 4.78 is 25.4. The second-order valence-electron chi connectivity index (χ2n) is 4.44. The molecule has 0 aromatic rings. The van der Waals surface area contributed by atoms with Crippen LogP contribution in [0.25, 0.3) is 0 Å². The lowest BCUT2D eigenvalue weighted by atomic mass is 10.4. The Hall–Kier alpha value is 0.110. The summed E-state index contributed by atoms with van der Waals surface area (Å²) in [4.78, 5) is 0. The third-order valence-electron chi connectivity index (χ3n) is 2.12. The van der Waals surface area contributed by atoms with Crippen LogP contribution in [0.5, 0.6) is 0 Å². The molecule has 15 heavy (non-hydrogen) atoms. The Bertz CT molecular complexity index is 223. The van der Waals surface area contributed by atoms with Crippen molar-refractivity contribution in [1.82, 2.24) is 4.67 Å². The van der Waals surface area contributed by atoms with Crippen molar-refractivity contribution in [3.63, 3.8) is 0 Å². The summed E-state index contributed by atoms with van der Waals surface area (Å²) in [7, 11) is -3.05. The van der Waals surface area contributed by atoms with E-state index in [4.69, 9.17) is 9.05 Å². The molecule has 0 unspecified atom stereocenters. The molecule has 0 aromatic carbocycles. The van der Waals surface area contributed by atoms with Crippen molar-refractivity contribution in [1.29, 1.82) is 0 Å². The van der Waals surface area contributed by atoms with Crippen molar-refractivity contribution >= 4 is 7.75 Å². The summed E-state index contributed by atoms with van der Waals surface area (Å²) in [6.45, 7) is 9.16. The predicted molar refractivity (Wildman–Crippen MR) is 60.9 cm³/mol. The summed E-state index contributed by atoms with van der Waals surface area (Å²) in [6, 6.07) is 0. The van der Waals surface area contributed by atoms with Gasteiger partial charge in [-0.15, -0.1) is 0 Å². The van der Waals surface area contributed by atoms with E-state index >= 15 is 0 Å². The quantitative estimate of drug-likeness (QED) is 0.686. The maximum absolute atomic E-state index is 12.5. The zero-order valence-electron chi connectivity index (χ0n) is 10.1. The normalized spacial score (nSPS) is 19.3. The molecule has 1 aliphatic rings. The summed E-state index contributed by atoms with van der Waals surface area (Å²) in [6.07, 6.45) is 2.00. The molecule has 5 heteroatoms. The van der Waals surface area contributed by atoms with Crippen molar-refractivity contribution in [2.75, 3.05) is 13.1 Å².